The molecule has 4 nitrogen and oxygen atoms in total. The molecule has 3 rings (SSSR count). The van der Waals surface area contributed by atoms with Gasteiger partial charge in [-0.05, 0) is 50.2 Å². The Labute approximate surface area is 102 Å². The van der Waals surface area contributed by atoms with Crippen molar-refractivity contribution in [2.24, 2.45) is 5.73 Å². The molecule has 92 valence electrons. The van der Waals surface area contributed by atoms with Crippen LogP contribution in [0, 0.1) is 0 Å². The highest BCUT2D eigenvalue weighted by Gasteiger charge is 2.19. The van der Waals surface area contributed by atoms with E-state index in [9.17, 15) is 0 Å². The van der Waals surface area contributed by atoms with Crippen molar-refractivity contribution in [3.8, 4) is 0 Å². The number of aryl methyl sites for hydroxylation is 2. The van der Waals surface area contributed by atoms with E-state index in [0.29, 0.717) is 6.04 Å². The lowest BCUT2D eigenvalue weighted by Crippen LogP contribution is -2.40. The fraction of sp³-hybridized carbons (Fsp3) is 0.692. The second-order valence-corrected chi connectivity index (χ2v) is 5.21. The molecule has 0 unspecified atom stereocenters. The van der Waals surface area contributed by atoms with Crippen LogP contribution in [0.5, 0.6) is 0 Å². The number of aromatic nitrogens is 2. The van der Waals surface area contributed by atoms with Crippen molar-refractivity contribution in [3.63, 3.8) is 0 Å². The summed E-state index contributed by atoms with van der Waals surface area (Å²) >= 11 is 0. The Morgan fingerprint density at radius 1 is 1.12 bits per heavy atom. The Hall–Kier alpha value is -1.16. The van der Waals surface area contributed by atoms with Crippen LogP contribution in [0.1, 0.15) is 36.9 Å². The van der Waals surface area contributed by atoms with Gasteiger partial charge in [0.25, 0.3) is 0 Å². The van der Waals surface area contributed by atoms with Crippen molar-refractivity contribution in [2.75, 3.05) is 18.0 Å². The molecule has 1 fully saturated rings. The number of rotatable bonds is 1. The normalized spacial score (nSPS) is 21.4. The van der Waals surface area contributed by atoms with Gasteiger partial charge < -0.3 is 10.6 Å². The van der Waals surface area contributed by atoms with Crippen LogP contribution >= 0.6 is 0 Å². The van der Waals surface area contributed by atoms with E-state index in [-0.39, 0.29) is 0 Å². The molecule has 1 aliphatic carbocycles. The zero-order valence-electron chi connectivity index (χ0n) is 10.2. The number of nitrogens with two attached hydrogens (primary N) is 1. The molecule has 0 radical (unpaired) electrons. The predicted molar refractivity (Wildman–Crippen MR) is 68.1 cm³/mol. The highest BCUT2D eigenvalue weighted by Crippen LogP contribution is 2.23. The first kappa shape index (κ1) is 11.0. The minimum Gasteiger partial charge on any atom is -0.355 e. The van der Waals surface area contributed by atoms with Crippen molar-refractivity contribution >= 4 is 5.82 Å². The SMILES string of the molecule is NC1CCN(c2cc3c(nn2)CCCC3)CC1. The minimum absolute atomic E-state index is 0.372. The molecule has 0 amide bonds. The Morgan fingerprint density at radius 3 is 2.71 bits per heavy atom. The van der Waals surface area contributed by atoms with Gasteiger partial charge in [0.05, 0.1) is 5.69 Å². The van der Waals surface area contributed by atoms with Crippen LogP contribution in [0.25, 0.3) is 0 Å². The third-order valence-electron chi connectivity index (χ3n) is 3.92. The van der Waals surface area contributed by atoms with E-state index in [4.69, 9.17) is 5.73 Å². The van der Waals surface area contributed by atoms with Crippen molar-refractivity contribution in [2.45, 2.75) is 44.6 Å². The number of hydrogen-bond donors (Lipinski definition) is 1. The molecule has 1 saturated heterocycles. The molecule has 2 heterocycles. The smallest absolute Gasteiger partial charge is 0.151 e. The molecule has 0 bridgehead atoms. The zero-order chi connectivity index (χ0) is 11.7. The Bertz CT molecular complexity index is 396. The van der Waals surface area contributed by atoms with Crippen LogP contribution in [0.15, 0.2) is 6.07 Å². The molecule has 1 aromatic rings. The second-order valence-electron chi connectivity index (χ2n) is 5.21. The largest absolute Gasteiger partial charge is 0.355 e. The van der Waals surface area contributed by atoms with Gasteiger partial charge in [0, 0.05) is 19.1 Å². The summed E-state index contributed by atoms with van der Waals surface area (Å²) in [5.41, 5.74) is 8.55. The predicted octanol–water partition coefficient (Wildman–Crippen LogP) is 1.28. The second kappa shape index (κ2) is 4.61. The molecule has 0 saturated carbocycles. The molecule has 2 aliphatic rings. The van der Waals surface area contributed by atoms with E-state index in [2.05, 4.69) is 21.2 Å². The van der Waals surface area contributed by atoms with E-state index >= 15 is 0 Å². The summed E-state index contributed by atoms with van der Waals surface area (Å²) in [7, 11) is 0. The van der Waals surface area contributed by atoms with E-state index in [0.717, 1.165) is 38.2 Å². The van der Waals surface area contributed by atoms with Crippen molar-refractivity contribution < 1.29 is 0 Å². The van der Waals surface area contributed by atoms with E-state index < -0.39 is 0 Å². The highest BCUT2D eigenvalue weighted by atomic mass is 15.3. The summed E-state index contributed by atoms with van der Waals surface area (Å²) in [5, 5.41) is 8.77. The van der Waals surface area contributed by atoms with Crippen molar-refractivity contribution in [1.82, 2.24) is 10.2 Å². The maximum Gasteiger partial charge on any atom is 0.151 e. The maximum absolute atomic E-state index is 5.92. The molecular formula is C13H20N4. The van der Waals surface area contributed by atoms with Crippen LogP contribution in [0.2, 0.25) is 0 Å². The monoisotopic (exact) mass is 232 g/mol. The van der Waals surface area contributed by atoms with Gasteiger partial charge in [0.15, 0.2) is 5.82 Å². The molecule has 1 aliphatic heterocycles. The molecule has 0 aromatic carbocycles. The average molecular weight is 232 g/mol. The summed E-state index contributed by atoms with van der Waals surface area (Å²) in [6.07, 6.45) is 6.97. The molecule has 4 heteroatoms. The van der Waals surface area contributed by atoms with E-state index in [1.54, 1.807) is 0 Å². The zero-order valence-corrected chi connectivity index (χ0v) is 10.2. The van der Waals surface area contributed by atoms with Gasteiger partial charge in [-0.1, -0.05) is 0 Å². The first-order chi connectivity index (χ1) is 8.33. The molecule has 17 heavy (non-hydrogen) atoms. The number of fused-ring (bicyclic) bond motifs is 1. The molecule has 1 aromatic heterocycles. The highest BCUT2D eigenvalue weighted by molar-refractivity contribution is 5.42. The molecule has 2 N–H and O–H groups in total. The quantitative estimate of drug-likeness (QED) is 0.792. The Balaban J connectivity index is 1.79. The van der Waals surface area contributed by atoms with Crippen molar-refractivity contribution in [3.05, 3.63) is 17.3 Å². The fourth-order valence-corrected chi connectivity index (χ4v) is 2.76. The van der Waals surface area contributed by atoms with Gasteiger partial charge in [-0.2, -0.15) is 5.10 Å². The van der Waals surface area contributed by atoms with Crippen LogP contribution < -0.4 is 10.6 Å². The molecular weight excluding hydrogens is 212 g/mol. The van der Waals surface area contributed by atoms with Gasteiger partial charge in [0.2, 0.25) is 0 Å². The van der Waals surface area contributed by atoms with E-state index in [1.165, 1.54) is 30.5 Å². The molecule has 0 spiro atoms. The number of nitrogens with zero attached hydrogens (tertiary/aromatic N) is 3. The van der Waals surface area contributed by atoms with Crippen LogP contribution in [0.3, 0.4) is 0 Å². The number of piperidine rings is 1. The third kappa shape index (κ3) is 2.27. The first-order valence-corrected chi connectivity index (χ1v) is 6.69. The van der Waals surface area contributed by atoms with Gasteiger partial charge in [-0.3, -0.25) is 0 Å². The lowest BCUT2D eigenvalue weighted by atomic mass is 9.96. The summed E-state index contributed by atoms with van der Waals surface area (Å²) in [5.74, 6) is 1.05. The number of hydrogen-bond acceptors (Lipinski definition) is 4. The average Bonchev–Trinajstić information content (AvgIpc) is 2.39. The topological polar surface area (TPSA) is 55.0 Å². The lowest BCUT2D eigenvalue weighted by molar-refractivity contribution is 0.496. The minimum atomic E-state index is 0.372. The molecule has 0 atom stereocenters. The maximum atomic E-state index is 5.92. The lowest BCUT2D eigenvalue weighted by Gasteiger charge is -2.31. The van der Waals surface area contributed by atoms with Crippen molar-refractivity contribution in [1.29, 1.82) is 0 Å². The van der Waals surface area contributed by atoms with Crippen LogP contribution in [-0.2, 0) is 12.8 Å². The fourth-order valence-electron chi connectivity index (χ4n) is 2.76. The van der Waals surface area contributed by atoms with Gasteiger partial charge in [-0.15, -0.1) is 5.10 Å². The summed E-state index contributed by atoms with van der Waals surface area (Å²) in [4.78, 5) is 2.32. The van der Waals surface area contributed by atoms with Crippen LogP contribution in [-0.4, -0.2) is 29.3 Å². The first-order valence-electron chi connectivity index (χ1n) is 6.69. The van der Waals surface area contributed by atoms with E-state index in [1.807, 2.05) is 0 Å². The number of anilines is 1. The van der Waals surface area contributed by atoms with Gasteiger partial charge in [-0.25, -0.2) is 0 Å². The van der Waals surface area contributed by atoms with Gasteiger partial charge in [0.1, 0.15) is 0 Å². The summed E-state index contributed by atoms with van der Waals surface area (Å²) < 4.78 is 0. The third-order valence-corrected chi connectivity index (χ3v) is 3.92. The Morgan fingerprint density at radius 2 is 1.88 bits per heavy atom. The summed E-state index contributed by atoms with van der Waals surface area (Å²) in [6.45, 7) is 2.04. The van der Waals surface area contributed by atoms with Gasteiger partial charge >= 0.3 is 0 Å². The Kier molecular flexibility index (Phi) is 2.97. The standard InChI is InChI=1S/C13H20N4/c14-11-5-7-17(8-6-11)13-9-10-3-1-2-4-12(10)15-16-13/h9,11H,1-8,14H2. The summed E-state index contributed by atoms with van der Waals surface area (Å²) in [6, 6.07) is 2.62. The van der Waals surface area contributed by atoms with Crippen LogP contribution in [0.4, 0.5) is 5.82 Å².